The van der Waals surface area contributed by atoms with Crippen LogP contribution in [0.15, 0.2) is 47.3 Å². The van der Waals surface area contributed by atoms with Gasteiger partial charge in [0.05, 0.1) is 28.8 Å². The third kappa shape index (κ3) is 3.47. The summed E-state index contributed by atoms with van der Waals surface area (Å²) in [5.41, 5.74) is 2.52. The van der Waals surface area contributed by atoms with Crippen molar-refractivity contribution in [1.29, 1.82) is 0 Å². The second kappa shape index (κ2) is 7.64. The highest BCUT2D eigenvalue weighted by Gasteiger charge is 2.11. The van der Waals surface area contributed by atoms with Crippen LogP contribution in [0, 0.1) is 5.92 Å². The Morgan fingerprint density at radius 1 is 1.14 bits per heavy atom. The van der Waals surface area contributed by atoms with E-state index in [2.05, 4.69) is 18.8 Å². The predicted molar refractivity (Wildman–Crippen MR) is 114 cm³/mol. The summed E-state index contributed by atoms with van der Waals surface area (Å²) in [5, 5.41) is 0. The molecule has 0 spiro atoms. The first kappa shape index (κ1) is 18.5. The van der Waals surface area contributed by atoms with E-state index in [1.54, 1.807) is 4.40 Å². The molecular weight excluding hydrogens is 372 g/mol. The Labute approximate surface area is 166 Å². The molecule has 6 heteroatoms. The van der Waals surface area contributed by atoms with Crippen LogP contribution >= 0.6 is 11.3 Å². The van der Waals surface area contributed by atoms with E-state index in [9.17, 15) is 4.79 Å². The highest BCUT2D eigenvalue weighted by molar-refractivity contribution is 7.15. The van der Waals surface area contributed by atoms with Gasteiger partial charge in [0.2, 0.25) is 0 Å². The molecule has 0 amide bonds. The maximum Gasteiger partial charge on any atom is 0.274 e. The van der Waals surface area contributed by atoms with Gasteiger partial charge in [-0.1, -0.05) is 43.4 Å². The second-order valence-corrected chi connectivity index (χ2v) is 7.99. The third-order valence-corrected chi connectivity index (χ3v) is 5.25. The number of aromatic nitrogens is 2. The zero-order chi connectivity index (χ0) is 19.7. The number of hydrogen-bond donors (Lipinski definition) is 0. The molecule has 0 aliphatic heterocycles. The van der Waals surface area contributed by atoms with Crippen molar-refractivity contribution >= 4 is 33.4 Å². The summed E-state index contributed by atoms with van der Waals surface area (Å²) in [6, 6.07) is 13.4. The molecule has 2 aromatic carbocycles. The monoisotopic (exact) mass is 394 g/mol. The first-order valence-electron chi connectivity index (χ1n) is 9.38. The predicted octanol–water partition coefficient (Wildman–Crippen LogP) is 3.89. The number of ether oxygens (including phenoxy) is 2. The van der Waals surface area contributed by atoms with Gasteiger partial charge in [-0.2, -0.15) is 0 Å². The Morgan fingerprint density at radius 3 is 2.75 bits per heavy atom. The number of rotatable bonds is 6. The molecule has 0 saturated carbocycles. The lowest BCUT2D eigenvalue weighted by atomic mass is 10.2. The van der Waals surface area contributed by atoms with Crippen LogP contribution in [0.4, 0.5) is 0 Å². The SMILES string of the molecule is CCOc1cc(/C=c2/sc3nc4ccccc4n3c2=O)ccc1OCC(C)C. The maximum absolute atomic E-state index is 12.9. The number of nitrogens with zero attached hydrogens (tertiary/aromatic N) is 2. The normalized spacial score (nSPS) is 12.4. The van der Waals surface area contributed by atoms with Crippen LogP contribution in [0.1, 0.15) is 26.3 Å². The number of benzene rings is 2. The van der Waals surface area contributed by atoms with Gasteiger partial charge in [-0.3, -0.25) is 4.79 Å². The van der Waals surface area contributed by atoms with Gasteiger partial charge in [0.15, 0.2) is 16.5 Å². The van der Waals surface area contributed by atoms with Gasteiger partial charge in [0.1, 0.15) is 0 Å². The average Bonchev–Trinajstić information content (AvgIpc) is 3.18. The molecule has 0 aliphatic carbocycles. The van der Waals surface area contributed by atoms with Crippen LogP contribution in [-0.4, -0.2) is 22.6 Å². The van der Waals surface area contributed by atoms with Crippen molar-refractivity contribution in [3.63, 3.8) is 0 Å². The fourth-order valence-corrected chi connectivity index (χ4v) is 4.01. The van der Waals surface area contributed by atoms with Gasteiger partial charge in [0, 0.05) is 0 Å². The Kier molecular flexibility index (Phi) is 5.05. The van der Waals surface area contributed by atoms with Crippen molar-refractivity contribution in [1.82, 2.24) is 9.38 Å². The van der Waals surface area contributed by atoms with Crippen molar-refractivity contribution in [3.8, 4) is 11.5 Å². The zero-order valence-corrected chi connectivity index (χ0v) is 17.0. The number of fused-ring (bicyclic) bond motifs is 3. The van der Waals surface area contributed by atoms with Crippen LogP contribution in [0.5, 0.6) is 11.5 Å². The second-order valence-electron chi connectivity index (χ2n) is 6.98. The molecular formula is C22H22N2O3S. The van der Waals surface area contributed by atoms with Crippen molar-refractivity contribution in [2.45, 2.75) is 20.8 Å². The van der Waals surface area contributed by atoms with Gasteiger partial charge in [0.25, 0.3) is 5.56 Å². The number of imidazole rings is 1. The lowest BCUT2D eigenvalue weighted by molar-refractivity contribution is 0.248. The molecule has 5 nitrogen and oxygen atoms in total. The molecule has 0 radical (unpaired) electrons. The third-order valence-electron chi connectivity index (χ3n) is 4.28. The summed E-state index contributed by atoms with van der Waals surface area (Å²) in [7, 11) is 0. The lowest BCUT2D eigenvalue weighted by Gasteiger charge is -2.13. The molecule has 4 rings (SSSR count). The summed E-state index contributed by atoms with van der Waals surface area (Å²) in [4.78, 5) is 18.2. The fraction of sp³-hybridized carbons (Fsp3) is 0.273. The molecule has 0 fully saturated rings. The lowest BCUT2D eigenvalue weighted by Crippen LogP contribution is -2.22. The van der Waals surface area contributed by atoms with Crippen molar-refractivity contribution in [2.24, 2.45) is 5.92 Å². The van der Waals surface area contributed by atoms with Crippen LogP contribution in [0.25, 0.3) is 22.1 Å². The smallest absolute Gasteiger partial charge is 0.274 e. The Hall–Kier alpha value is -2.86. The maximum atomic E-state index is 12.9. The van der Waals surface area contributed by atoms with Crippen LogP contribution < -0.4 is 19.6 Å². The Morgan fingerprint density at radius 2 is 1.96 bits per heavy atom. The average molecular weight is 394 g/mol. The summed E-state index contributed by atoms with van der Waals surface area (Å²) >= 11 is 1.39. The molecule has 144 valence electrons. The van der Waals surface area contributed by atoms with E-state index < -0.39 is 0 Å². The first-order valence-corrected chi connectivity index (χ1v) is 10.2. The summed E-state index contributed by atoms with van der Waals surface area (Å²) in [6.45, 7) is 7.33. The van der Waals surface area contributed by atoms with Gasteiger partial charge in [-0.25, -0.2) is 9.38 Å². The minimum absolute atomic E-state index is 0.0493. The molecule has 0 atom stereocenters. The van der Waals surface area contributed by atoms with E-state index in [0.29, 0.717) is 34.4 Å². The van der Waals surface area contributed by atoms with Crippen LogP contribution in [0.2, 0.25) is 0 Å². The standard InChI is InChI=1S/C22H22N2O3S/c1-4-26-19-11-15(9-10-18(19)27-13-14(2)3)12-20-21(25)24-17-8-6-5-7-16(17)23-22(24)28-20/h5-12,14H,4,13H2,1-3H3/b20-12+. The Bertz CT molecular complexity index is 1240. The fourth-order valence-electron chi connectivity index (χ4n) is 3.02. The number of thiazole rings is 1. The number of hydrogen-bond acceptors (Lipinski definition) is 5. The minimum Gasteiger partial charge on any atom is -0.490 e. The van der Waals surface area contributed by atoms with E-state index in [-0.39, 0.29) is 5.56 Å². The first-order chi connectivity index (χ1) is 13.6. The minimum atomic E-state index is -0.0493. The molecule has 4 aromatic rings. The molecule has 0 N–H and O–H groups in total. The highest BCUT2D eigenvalue weighted by Crippen LogP contribution is 2.29. The Balaban J connectivity index is 1.77. The topological polar surface area (TPSA) is 52.8 Å². The van der Waals surface area contributed by atoms with Crippen molar-refractivity contribution in [2.75, 3.05) is 13.2 Å². The quantitative estimate of drug-likeness (QED) is 0.498. The van der Waals surface area contributed by atoms with Crippen LogP contribution in [0.3, 0.4) is 0 Å². The van der Waals surface area contributed by atoms with Gasteiger partial charge in [-0.05, 0) is 48.7 Å². The van der Waals surface area contributed by atoms with Crippen molar-refractivity contribution < 1.29 is 9.47 Å². The highest BCUT2D eigenvalue weighted by atomic mass is 32.1. The van der Waals surface area contributed by atoms with Gasteiger partial charge < -0.3 is 9.47 Å². The summed E-state index contributed by atoms with van der Waals surface area (Å²) in [6.07, 6.45) is 1.88. The molecule has 2 heterocycles. The van der Waals surface area contributed by atoms with Crippen LogP contribution in [-0.2, 0) is 0 Å². The van der Waals surface area contributed by atoms with E-state index in [1.807, 2.05) is 55.5 Å². The van der Waals surface area contributed by atoms with Gasteiger partial charge >= 0.3 is 0 Å². The van der Waals surface area contributed by atoms with Crippen molar-refractivity contribution in [3.05, 3.63) is 62.9 Å². The van der Waals surface area contributed by atoms with E-state index in [1.165, 1.54) is 11.3 Å². The molecule has 28 heavy (non-hydrogen) atoms. The summed E-state index contributed by atoms with van der Waals surface area (Å²) < 4.78 is 13.9. The van der Waals surface area contributed by atoms with E-state index in [4.69, 9.17) is 9.47 Å². The molecule has 2 aromatic heterocycles. The molecule has 0 bridgehead atoms. The van der Waals surface area contributed by atoms with E-state index >= 15 is 0 Å². The van der Waals surface area contributed by atoms with Gasteiger partial charge in [-0.15, -0.1) is 0 Å². The molecule has 0 aliphatic rings. The number of para-hydroxylation sites is 2. The molecule has 0 unspecified atom stereocenters. The largest absolute Gasteiger partial charge is 0.490 e. The zero-order valence-electron chi connectivity index (χ0n) is 16.1. The summed E-state index contributed by atoms with van der Waals surface area (Å²) in [5.74, 6) is 1.85. The molecule has 0 saturated heterocycles. The van der Waals surface area contributed by atoms with E-state index in [0.717, 1.165) is 22.3 Å².